The van der Waals surface area contributed by atoms with Crippen molar-refractivity contribution in [2.24, 2.45) is 0 Å². The summed E-state index contributed by atoms with van der Waals surface area (Å²) in [6.07, 6.45) is 2.16. The van der Waals surface area contributed by atoms with Crippen LogP contribution in [0, 0.1) is 0 Å². The largest absolute Gasteiger partial charge is 0.488 e. The van der Waals surface area contributed by atoms with Crippen LogP contribution in [0.15, 0.2) is 54.6 Å². The number of benzene rings is 3. The number of ether oxygens (including phenoxy) is 1. The zero-order valence-corrected chi connectivity index (χ0v) is 19.8. The standard InChI is InChI=1S/C26H30BN3O4/c1-26(2,3)34-25(31)28-13-5-4-6-24-29-22-12-10-20(16-23(22)30-24)17-7-8-19-15-21(27(32)33)11-9-18(19)14-17/h7-12,14-16,32-33H,4-6,13H2,1-3H3,(H,28,31)(H,29,30). The number of amides is 1. The first-order valence-electron chi connectivity index (χ1n) is 11.5. The first kappa shape index (κ1) is 23.8. The van der Waals surface area contributed by atoms with Gasteiger partial charge in [-0.3, -0.25) is 0 Å². The van der Waals surface area contributed by atoms with Crippen molar-refractivity contribution < 1.29 is 19.6 Å². The van der Waals surface area contributed by atoms with E-state index in [0.717, 1.165) is 58.0 Å². The molecule has 1 aromatic heterocycles. The van der Waals surface area contributed by atoms with E-state index in [-0.39, 0.29) is 6.09 Å². The summed E-state index contributed by atoms with van der Waals surface area (Å²) >= 11 is 0. The maximum absolute atomic E-state index is 11.7. The molecular weight excluding hydrogens is 429 g/mol. The lowest BCUT2D eigenvalue weighted by atomic mass is 9.79. The Morgan fingerprint density at radius 2 is 1.71 bits per heavy atom. The van der Waals surface area contributed by atoms with Crippen LogP contribution >= 0.6 is 0 Å². The lowest BCUT2D eigenvalue weighted by Gasteiger charge is -2.19. The van der Waals surface area contributed by atoms with Gasteiger partial charge in [0.25, 0.3) is 0 Å². The molecule has 0 aliphatic carbocycles. The summed E-state index contributed by atoms with van der Waals surface area (Å²) in [5.41, 5.74) is 4.06. The number of hydrogen-bond donors (Lipinski definition) is 4. The fourth-order valence-corrected chi connectivity index (χ4v) is 3.89. The van der Waals surface area contributed by atoms with E-state index in [9.17, 15) is 14.8 Å². The minimum Gasteiger partial charge on any atom is -0.444 e. The number of nitrogens with zero attached hydrogens (tertiary/aromatic N) is 1. The number of rotatable bonds is 7. The summed E-state index contributed by atoms with van der Waals surface area (Å²) in [5.74, 6) is 0.929. The molecule has 0 saturated carbocycles. The van der Waals surface area contributed by atoms with Gasteiger partial charge in [0.1, 0.15) is 11.4 Å². The predicted octanol–water partition coefficient (Wildman–Crippen LogP) is 3.91. The predicted molar refractivity (Wildman–Crippen MR) is 136 cm³/mol. The van der Waals surface area contributed by atoms with E-state index in [0.29, 0.717) is 12.0 Å². The molecule has 0 unspecified atom stereocenters. The Morgan fingerprint density at radius 1 is 1.00 bits per heavy atom. The third kappa shape index (κ3) is 5.95. The Balaban J connectivity index is 1.38. The topological polar surface area (TPSA) is 107 Å². The number of H-pyrrole nitrogens is 1. The fourth-order valence-electron chi connectivity index (χ4n) is 3.89. The number of aromatic nitrogens is 2. The van der Waals surface area contributed by atoms with Crippen LogP contribution < -0.4 is 10.8 Å². The third-order valence-corrected chi connectivity index (χ3v) is 5.54. The van der Waals surface area contributed by atoms with Crippen molar-refractivity contribution in [3.63, 3.8) is 0 Å². The zero-order chi connectivity index (χ0) is 24.3. The van der Waals surface area contributed by atoms with Gasteiger partial charge in [0.15, 0.2) is 0 Å². The lowest BCUT2D eigenvalue weighted by Crippen LogP contribution is -2.33. The van der Waals surface area contributed by atoms with E-state index in [4.69, 9.17) is 4.74 Å². The monoisotopic (exact) mass is 459 g/mol. The molecule has 1 heterocycles. The van der Waals surface area contributed by atoms with Gasteiger partial charge in [-0.25, -0.2) is 9.78 Å². The molecule has 176 valence electrons. The van der Waals surface area contributed by atoms with Crippen molar-refractivity contribution in [1.29, 1.82) is 0 Å². The summed E-state index contributed by atoms with van der Waals surface area (Å²) in [6, 6.07) is 17.7. The van der Waals surface area contributed by atoms with Crippen LogP contribution in [0.5, 0.6) is 0 Å². The van der Waals surface area contributed by atoms with E-state index in [1.165, 1.54) is 0 Å². The molecule has 1 amide bonds. The Kier molecular flexibility index (Phi) is 6.91. The smallest absolute Gasteiger partial charge is 0.444 e. The Labute approximate surface area is 199 Å². The highest BCUT2D eigenvalue weighted by Crippen LogP contribution is 2.27. The van der Waals surface area contributed by atoms with Gasteiger partial charge in [0.2, 0.25) is 0 Å². The summed E-state index contributed by atoms with van der Waals surface area (Å²) in [6.45, 7) is 6.11. The number of unbranched alkanes of at least 4 members (excludes halogenated alkanes) is 1. The molecule has 8 heteroatoms. The number of fused-ring (bicyclic) bond motifs is 2. The molecule has 0 radical (unpaired) electrons. The van der Waals surface area contributed by atoms with Crippen LogP contribution in [-0.4, -0.2) is 45.4 Å². The molecule has 0 saturated heterocycles. The molecule has 0 fully saturated rings. The molecule has 4 aromatic rings. The van der Waals surface area contributed by atoms with Gasteiger partial charge in [-0.1, -0.05) is 36.4 Å². The first-order chi connectivity index (χ1) is 16.2. The summed E-state index contributed by atoms with van der Waals surface area (Å²) < 4.78 is 5.24. The summed E-state index contributed by atoms with van der Waals surface area (Å²) in [4.78, 5) is 19.8. The number of alkyl carbamates (subject to hydrolysis) is 1. The molecule has 3 aromatic carbocycles. The van der Waals surface area contributed by atoms with E-state index >= 15 is 0 Å². The number of aryl methyl sites for hydroxylation is 1. The quantitative estimate of drug-likeness (QED) is 0.248. The van der Waals surface area contributed by atoms with Crippen LogP contribution in [0.4, 0.5) is 4.79 Å². The molecule has 4 N–H and O–H groups in total. The van der Waals surface area contributed by atoms with Crippen molar-refractivity contribution >= 4 is 40.5 Å². The first-order valence-corrected chi connectivity index (χ1v) is 11.5. The third-order valence-electron chi connectivity index (χ3n) is 5.54. The van der Waals surface area contributed by atoms with Gasteiger partial charge in [-0.15, -0.1) is 0 Å². The normalized spacial score (nSPS) is 11.7. The highest BCUT2D eigenvalue weighted by Gasteiger charge is 2.15. The molecular formula is C26H30BN3O4. The second-order valence-electron chi connectivity index (χ2n) is 9.50. The van der Waals surface area contributed by atoms with E-state index < -0.39 is 12.7 Å². The van der Waals surface area contributed by atoms with Crippen molar-refractivity contribution in [2.75, 3.05) is 6.54 Å². The average Bonchev–Trinajstić information content (AvgIpc) is 3.18. The highest BCUT2D eigenvalue weighted by atomic mass is 16.6. The van der Waals surface area contributed by atoms with Gasteiger partial charge >= 0.3 is 13.2 Å². The minimum absolute atomic E-state index is 0.385. The maximum Gasteiger partial charge on any atom is 0.488 e. The minimum atomic E-state index is -1.47. The Hall–Kier alpha value is -3.36. The number of nitrogens with one attached hydrogen (secondary N) is 2. The summed E-state index contributed by atoms with van der Waals surface area (Å²) in [7, 11) is -1.47. The SMILES string of the molecule is CC(C)(C)OC(=O)NCCCCc1nc2ccc(-c3ccc4cc(B(O)O)ccc4c3)cc2[nH]1. The van der Waals surface area contributed by atoms with E-state index in [2.05, 4.69) is 33.5 Å². The zero-order valence-electron chi connectivity index (χ0n) is 19.8. The average molecular weight is 459 g/mol. The lowest BCUT2D eigenvalue weighted by molar-refractivity contribution is 0.0527. The molecule has 0 aliphatic heterocycles. The number of imidazole rings is 1. The van der Waals surface area contributed by atoms with Gasteiger partial charge < -0.3 is 25.1 Å². The fraction of sp³-hybridized carbons (Fsp3) is 0.308. The second-order valence-corrected chi connectivity index (χ2v) is 9.50. The Bertz CT molecular complexity index is 1310. The molecule has 0 atom stereocenters. The van der Waals surface area contributed by atoms with Crippen LogP contribution in [0.2, 0.25) is 0 Å². The van der Waals surface area contributed by atoms with E-state index in [1.54, 1.807) is 12.1 Å². The maximum atomic E-state index is 11.7. The molecule has 4 rings (SSSR count). The number of carbonyl (C=O) groups is 1. The molecule has 0 bridgehead atoms. The number of carbonyl (C=O) groups excluding carboxylic acids is 1. The molecule has 34 heavy (non-hydrogen) atoms. The summed E-state index contributed by atoms with van der Waals surface area (Å²) in [5, 5.41) is 23.5. The van der Waals surface area contributed by atoms with Crippen molar-refractivity contribution in [2.45, 2.75) is 45.6 Å². The van der Waals surface area contributed by atoms with Crippen LogP contribution in [0.25, 0.3) is 32.9 Å². The van der Waals surface area contributed by atoms with Crippen molar-refractivity contribution in [3.05, 3.63) is 60.4 Å². The number of hydrogen-bond acceptors (Lipinski definition) is 5. The van der Waals surface area contributed by atoms with Crippen molar-refractivity contribution in [1.82, 2.24) is 15.3 Å². The van der Waals surface area contributed by atoms with Crippen LogP contribution in [-0.2, 0) is 11.2 Å². The molecule has 0 spiro atoms. The van der Waals surface area contributed by atoms with Gasteiger partial charge in [-0.2, -0.15) is 0 Å². The van der Waals surface area contributed by atoms with Gasteiger partial charge in [0, 0.05) is 13.0 Å². The molecule has 7 nitrogen and oxygen atoms in total. The molecule has 0 aliphatic rings. The Morgan fingerprint density at radius 3 is 2.47 bits per heavy atom. The van der Waals surface area contributed by atoms with Crippen LogP contribution in [0.1, 0.15) is 39.4 Å². The van der Waals surface area contributed by atoms with Crippen LogP contribution in [0.3, 0.4) is 0 Å². The second kappa shape index (κ2) is 9.87. The van der Waals surface area contributed by atoms with Gasteiger partial charge in [-0.05, 0) is 79.2 Å². The van der Waals surface area contributed by atoms with Gasteiger partial charge in [0.05, 0.1) is 11.0 Å². The highest BCUT2D eigenvalue weighted by molar-refractivity contribution is 6.58. The number of aromatic amines is 1. The van der Waals surface area contributed by atoms with E-state index in [1.807, 2.05) is 45.0 Å². The van der Waals surface area contributed by atoms with Crippen molar-refractivity contribution in [3.8, 4) is 11.1 Å².